The van der Waals surface area contributed by atoms with E-state index >= 15 is 0 Å². The van der Waals surface area contributed by atoms with Crippen LogP contribution in [0.15, 0.2) is 48.8 Å². The smallest absolute Gasteiger partial charge is 0.253 e. The summed E-state index contributed by atoms with van der Waals surface area (Å²) in [4.78, 5) is 21.0. The lowest BCUT2D eigenvalue weighted by Crippen LogP contribution is -2.21. The van der Waals surface area contributed by atoms with Crippen LogP contribution >= 0.6 is 0 Å². The molecule has 112 valence electrons. The fourth-order valence-electron chi connectivity index (χ4n) is 2.39. The van der Waals surface area contributed by atoms with E-state index in [9.17, 15) is 4.79 Å². The summed E-state index contributed by atoms with van der Waals surface area (Å²) in [7, 11) is 3.50. The van der Waals surface area contributed by atoms with Crippen LogP contribution in [-0.2, 0) is 6.54 Å². The highest BCUT2D eigenvalue weighted by molar-refractivity contribution is 5.94. The molecule has 0 saturated heterocycles. The Balaban J connectivity index is 1.78. The molecule has 22 heavy (non-hydrogen) atoms. The Bertz CT molecular complexity index is 807. The van der Waals surface area contributed by atoms with E-state index in [1.54, 1.807) is 25.2 Å². The number of nitrogens with one attached hydrogen (secondary N) is 2. The van der Waals surface area contributed by atoms with E-state index < -0.39 is 0 Å². The van der Waals surface area contributed by atoms with Crippen LogP contribution in [0, 0.1) is 0 Å². The normalized spacial score (nSPS) is 10.6. The van der Waals surface area contributed by atoms with E-state index in [0.717, 1.165) is 22.3 Å². The number of carbonyl (C=O) groups is 1. The summed E-state index contributed by atoms with van der Waals surface area (Å²) in [5, 5.41) is 4.47. The van der Waals surface area contributed by atoms with Gasteiger partial charge in [0, 0.05) is 49.7 Å². The minimum absolute atomic E-state index is 0.000543. The Hall–Kier alpha value is -2.82. The highest BCUT2D eigenvalue weighted by atomic mass is 16.2. The first-order chi connectivity index (χ1) is 10.6. The monoisotopic (exact) mass is 294 g/mol. The van der Waals surface area contributed by atoms with Crippen LogP contribution in [0.5, 0.6) is 0 Å². The molecule has 3 rings (SSSR count). The fraction of sp³-hybridized carbons (Fsp3) is 0.176. The van der Waals surface area contributed by atoms with Gasteiger partial charge in [-0.2, -0.15) is 0 Å². The second kappa shape index (κ2) is 5.89. The largest absolute Gasteiger partial charge is 0.381 e. The third-order valence-corrected chi connectivity index (χ3v) is 3.55. The predicted molar refractivity (Wildman–Crippen MR) is 87.9 cm³/mol. The number of nitrogens with zero attached hydrogens (tertiary/aromatic N) is 2. The lowest BCUT2D eigenvalue weighted by atomic mass is 10.1. The van der Waals surface area contributed by atoms with Crippen molar-refractivity contribution < 1.29 is 4.79 Å². The molecule has 5 heteroatoms. The number of anilines is 1. The van der Waals surface area contributed by atoms with Crippen LogP contribution in [0.1, 0.15) is 15.9 Å². The first-order valence-electron chi connectivity index (χ1n) is 7.12. The van der Waals surface area contributed by atoms with Gasteiger partial charge in [0.15, 0.2) is 0 Å². The van der Waals surface area contributed by atoms with Crippen LogP contribution in [0.25, 0.3) is 11.0 Å². The van der Waals surface area contributed by atoms with Gasteiger partial charge in [-0.25, -0.2) is 4.98 Å². The van der Waals surface area contributed by atoms with E-state index in [4.69, 9.17) is 0 Å². The van der Waals surface area contributed by atoms with Gasteiger partial charge in [0.25, 0.3) is 5.91 Å². The first-order valence-corrected chi connectivity index (χ1v) is 7.12. The molecule has 0 aliphatic carbocycles. The molecule has 1 aromatic carbocycles. The summed E-state index contributed by atoms with van der Waals surface area (Å²) in [6.45, 7) is 0.677. The van der Waals surface area contributed by atoms with Crippen molar-refractivity contribution in [1.82, 2.24) is 14.9 Å². The molecular weight excluding hydrogens is 276 g/mol. The van der Waals surface area contributed by atoms with Gasteiger partial charge in [0.1, 0.15) is 5.65 Å². The second-order valence-electron chi connectivity index (χ2n) is 5.34. The molecule has 2 N–H and O–H groups in total. The third-order valence-electron chi connectivity index (χ3n) is 3.55. The number of rotatable bonds is 4. The zero-order valence-electron chi connectivity index (χ0n) is 12.6. The topological polar surface area (TPSA) is 61.0 Å². The minimum Gasteiger partial charge on any atom is -0.381 e. The lowest BCUT2D eigenvalue weighted by molar-refractivity contribution is 0.0827. The van der Waals surface area contributed by atoms with Gasteiger partial charge in [0.05, 0.1) is 0 Å². The van der Waals surface area contributed by atoms with E-state index in [-0.39, 0.29) is 5.91 Å². The maximum atomic E-state index is 12.0. The standard InChI is InChI=1S/C17H18N4O/c1-21(2)17(22)12-4-3-5-14(10-12)20-11-13-6-8-18-16-15(13)7-9-19-16/h3-10,20H,11H2,1-2H3,(H,18,19). The second-order valence-corrected chi connectivity index (χ2v) is 5.34. The van der Waals surface area contributed by atoms with Crippen molar-refractivity contribution in [1.29, 1.82) is 0 Å². The molecule has 0 aliphatic heterocycles. The number of carbonyl (C=O) groups excluding carboxylic acids is 1. The number of fused-ring (bicyclic) bond motifs is 1. The van der Waals surface area contributed by atoms with Crippen LogP contribution in [0.4, 0.5) is 5.69 Å². The van der Waals surface area contributed by atoms with Gasteiger partial charge in [-0.15, -0.1) is 0 Å². The summed E-state index contributed by atoms with van der Waals surface area (Å²) in [6, 6.07) is 11.6. The fourth-order valence-corrected chi connectivity index (χ4v) is 2.39. The quantitative estimate of drug-likeness (QED) is 0.778. The molecular formula is C17H18N4O. The number of amides is 1. The molecule has 0 saturated carbocycles. The zero-order valence-corrected chi connectivity index (χ0v) is 12.6. The van der Waals surface area contributed by atoms with E-state index in [0.29, 0.717) is 12.1 Å². The maximum Gasteiger partial charge on any atom is 0.253 e. The van der Waals surface area contributed by atoms with Gasteiger partial charge >= 0.3 is 0 Å². The Morgan fingerprint density at radius 3 is 2.95 bits per heavy atom. The van der Waals surface area contributed by atoms with Crippen LogP contribution in [0.3, 0.4) is 0 Å². The highest BCUT2D eigenvalue weighted by Crippen LogP contribution is 2.18. The maximum absolute atomic E-state index is 12.0. The summed E-state index contributed by atoms with van der Waals surface area (Å²) in [6.07, 6.45) is 3.68. The average Bonchev–Trinajstić information content (AvgIpc) is 3.01. The van der Waals surface area contributed by atoms with Crippen LogP contribution in [-0.4, -0.2) is 34.9 Å². The molecule has 0 radical (unpaired) electrons. The number of hydrogen-bond acceptors (Lipinski definition) is 3. The molecule has 0 spiro atoms. The van der Waals surface area contributed by atoms with Crippen LogP contribution < -0.4 is 5.32 Å². The van der Waals surface area contributed by atoms with Crippen molar-refractivity contribution in [3.63, 3.8) is 0 Å². The molecule has 0 fully saturated rings. The summed E-state index contributed by atoms with van der Waals surface area (Å²) >= 11 is 0. The van der Waals surface area contributed by atoms with Crippen molar-refractivity contribution in [3.05, 3.63) is 59.9 Å². The summed E-state index contributed by atoms with van der Waals surface area (Å²) in [5.74, 6) is 0.000543. The molecule has 0 bridgehead atoms. The predicted octanol–water partition coefficient (Wildman–Crippen LogP) is 2.88. The SMILES string of the molecule is CN(C)C(=O)c1cccc(NCc2ccnc3[nH]ccc23)c1. The zero-order chi connectivity index (χ0) is 15.5. The van der Waals surface area contributed by atoms with Crippen molar-refractivity contribution in [2.75, 3.05) is 19.4 Å². The van der Waals surface area contributed by atoms with E-state index in [1.165, 1.54) is 0 Å². The lowest BCUT2D eigenvalue weighted by Gasteiger charge is -2.12. The molecule has 5 nitrogen and oxygen atoms in total. The third kappa shape index (κ3) is 2.79. The van der Waals surface area contributed by atoms with Gasteiger partial charge in [-0.3, -0.25) is 4.79 Å². The summed E-state index contributed by atoms with van der Waals surface area (Å²) < 4.78 is 0. The van der Waals surface area contributed by atoms with Crippen molar-refractivity contribution >= 4 is 22.6 Å². The number of benzene rings is 1. The number of aromatic nitrogens is 2. The number of H-pyrrole nitrogens is 1. The molecule has 2 heterocycles. The highest BCUT2D eigenvalue weighted by Gasteiger charge is 2.08. The first kappa shape index (κ1) is 14.1. The van der Waals surface area contributed by atoms with Crippen molar-refractivity contribution in [2.45, 2.75) is 6.54 Å². The molecule has 0 aliphatic rings. The average molecular weight is 294 g/mol. The Kier molecular flexibility index (Phi) is 3.78. The van der Waals surface area contributed by atoms with Gasteiger partial charge < -0.3 is 15.2 Å². The minimum atomic E-state index is 0.000543. The number of aromatic amines is 1. The summed E-state index contributed by atoms with van der Waals surface area (Å²) in [5.41, 5.74) is 3.65. The molecule has 0 unspecified atom stereocenters. The molecule has 2 aromatic heterocycles. The van der Waals surface area contributed by atoms with Crippen molar-refractivity contribution in [3.8, 4) is 0 Å². The van der Waals surface area contributed by atoms with Crippen LogP contribution in [0.2, 0.25) is 0 Å². The van der Waals surface area contributed by atoms with E-state index in [2.05, 4.69) is 15.3 Å². The van der Waals surface area contributed by atoms with Crippen molar-refractivity contribution in [2.24, 2.45) is 0 Å². The van der Waals surface area contributed by atoms with Gasteiger partial charge in [-0.1, -0.05) is 6.07 Å². The Morgan fingerprint density at radius 1 is 1.27 bits per heavy atom. The molecule has 0 atom stereocenters. The van der Waals surface area contributed by atoms with Gasteiger partial charge in [0.2, 0.25) is 0 Å². The number of hydrogen-bond donors (Lipinski definition) is 2. The molecule has 3 aromatic rings. The molecule has 1 amide bonds. The Morgan fingerprint density at radius 2 is 2.14 bits per heavy atom. The van der Waals surface area contributed by atoms with E-state index in [1.807, 2.05) is 42.6 Å². The van der Waals surface area contributed by atoms with Gasteiger partial charge in [-0.05, 0) is 35.9 Å². The number of pyridine rings is 1. The Labute approximate surface area is 129 Å².